The van der Waals surface area contributed by atoms with Crippen LogP contribution in [0, 0.1) is 0 Å². The van der Waals surface area contributed by atoms with Crippen LogP contribution in [0.2, 0.25) is 0 Å². The monoisotopic (exact) mass is 260 g/mol. The Labute approximate surface area is 118 Å². The van der Waals surface area contributed by atoms with Crippen LogP contribution in [0.25, 0.3) is 27.6 Å². The van der Waals surface area contributed by atoms with Crippen LogP contribution in [0.15, 0.2) is 60.7 Å². The average molecular weight is 260 g/mol. The Kier molecular flexibility index (Phi) is 3.34. The van der Waals surface area contributed by atoms with Gasteiger partial charge in [0.25, 0.3) is 0 Å². The van der Waals surface area contributed by atoms with Gasteiger partial charge in [-0.25, -0.2) is 0 Å². The number of ketones is 1. The average Bonchev–Trinajstić information content (AvgIpc) is 2.51. The van der Waals surface area contributed by atoms with Crippen molar-refractivity contribution in [1.29, 1.82) is 0 Å². The third-order valence-electron chi connectivity index (χ3n) is 3.60. The lowest BCUT2D eigenvalue weighted by Gasteiger charge is -2.08. The Morgan fingerprint density at radius 3 is 2.05 bits per heavy atom. The molecule has 0 heterocycles. The van der Waals surface area contributed by atoms with Crippen molar-refractivity contribution in [3.8, 4) is 0 Å². The fourth-order valence-electron chi connectivity index (χ4n) is 2.52. The molecule has 0 aromatic heterocycles. The van der Waals surface area contributed by atoms with Gasteiger partial charge in [0.15, 0.2) is 5.78 Å². The number of hydrogen-bond donors (Lipinski definition) is 0. The first kappa shape index (κ1) is 12.6. The Morgan fingerprint density at radius 2 is 1.50 bits per heavy atom. The van der Waals surface area contributed by atoms with E-state index in [0.717, 1.165) is 5.56 Å². The van der Waals surface area contributed by atoms with Crippen molar-refractivity contribution in [1.82, 2.24) is 0 Å². The molecule has 0 aliphatic carbocycles. The topological polar surface area (TPSA) is 17.1 Å². The molecule has 3 rings (SSSR count). The van der Waals surface area contributed by atoms with Crippen molar-refractivity contribution in [3.63, 3.8) is 0 Å². The van der Waals surface area contributed by atoms with E-state index < -0.39 is 0 Å². The molecule has 0 saturated carbocycles. The summed E-state index contributed by atoms with van der Waals surface area (Å²) in [5, 5.41) is 4.78. The van der Waals surface area contributed by atoms with Gasteiger partial charge in [-0.05, 0) is 39.3 Å². The summed E-state index contributed by atoms with van der Waals surface area (Å²) in [7, 11) is 0. The lowest BCUT2D eigenvalue weighted by atomic mass is 9.96. The van der Waals surface area contributed by atoms with Crippen LogP contribution >= 0.6 is 0 Å². The van der Waals surface area contributed by atoms with E-state index in [4.69, 9.17) is 0 Å². The quantitative estimate of drug-likeness (QED) is 0.479. The van der Waals surface area contributed by atoms with Crippen molar-refractivity contribution in [2.45, 2.75) is 13.3 Å². The van der Waals surface area contributed by atoms with Crippen LogP contribution in [0.4, 0.5) is 0 Å². The third-order valence-corrected chi connectivity index (χ3v) is 3.60. The molecule has 0 spiro atoms. The molecule has 0 fully saturated rings. The highest BCUT2D eigenvalue weighted by molar-refractivity contribution is 6.08. The summed E-state index contributed by atoms with van der Waals surface area (Å²) in [4.78, 5) is 11.6. The number of fused-ring (bicyclic) bond motifs is 2. The van der Waals surface area contributed by atoms with Gasteiger partial charge in [-0.15, -0.1) is 0 Å². The molecule has 0 aliphatic heterocycles. The standard InChI is InChI=1S/C19H16O/c1-2-16(20)11-12-19-17-9-5-3-7-14(17)13-15-8-4-6-10-18(15)19/h3-13H,2H2,1H3. The summed E-state index contributed by atoms with van der Waals surface area (Å²) < 4.78 is 0. The Hall–Kier alpha value is -2.41. The fourth-order valence-corrected chi connectivity index (χ4v) is 2.52. The highest BCUT2D eigenvalue weighted by Gasteiger charge is 2.04. The molecule has 0 bridgehead atoms. The minimum absolute atomic E-state index is 0.155. The molecule has 0 atom stereocenters. The zero-order chi connectivity index (χ0) is 13.9. The van der Waals surface area contributed by atoms with E-state index >= 15 is 0 Å². The first-order valence-electron chi connectivity index (χ1n) is 6.91. The number of rotatable bonds is 3. The highest BCUT2D eigenvalue weighted by Crippen LogP contribution is 2.29. The summed E-state index contributed by atoms with van der Waals surface area (Å²) in [5.74, 6) is 0.155. The maximum atomic E-state index is 11.6. The van der Waals surface area contributed by atoms with Gasteiger partial charge >= 0.3 is 0 Å². The van der Waals surface area contributed by atoms with Gasteiger partial charge < -0.3 is 0 Å². The molecule has 20 heavy (non-hydrogen) atoms. The number of benzene rings is 3. The lowest BCUT2D eigenvalue weighted by molar-refractivity contribution is -0.114. The largest absolute Gasteiger partial charge is 0.295 e. The Balaban J connectivity index is 2.33. The van der Waals surface area contributed by atoms with Crippen molar-refractivity contribution in [3.05, 3.63) is 66.2 Å². The normalized spacial score (nSPS) is 11.4. The molecule has 0 N–H and O–H groups in total. The predicted molar refractivity (Wildman–Crippen MR) is 85.8 cm³/mol. The second kappa shape index (κ2) is 5.30. The molecule has 0 unspecified atom stereocenters. The van der Waals surface area contributed by atoms with Crippen molar-refractivity contribution >= 4 is 33.4 Å². The first-order chi connectivity index (χ1) is 9.79. The third kappa shape index (κ3) is 2.23. The summed E-state index contributed by atoms with van der Waals surface area (Å²) in [6, 6.07) is 18.8. The fraction of sp³-hybridized carbons (Fsp3) is 0.105. The number of carbonyl (C=O) groups excluding carboxylic acids is 1. The summed E-state index contributed by atoms with van der Waals surface area (Å²) in [5.41, 5.74) is 1.13. The smallest absolute Gasteiger partial charge is 0.155 e. The van der Waals surface area contributed by atoms with Crippen LogP contribution in [-0.2, 0) is 4.79 Å². The van der Waals surface area contributed by atoms with E-state index in [2.05, 4.69) is 30.3 Å². The van der Waals surface area contributed by atoms with Crippen LogP contribution < -0.4 is 0 Å². The van der Waals surface area contributed by atoms with Gasteiger partial charge in [0, 0.05) is 6.42 Å². The minimum Gasteiger partial charge on any atom is -0.295 e. The van der Waals surface area contributed by atoms with Gasteiger partial charge in [0.05, 0.1) is 0 Å². The van der Waals surface area contributed by atoms with E-state index in [0.29, 0.717) is 6.42 Å². The summed E-state index contributed by atoms with van der Waals surface area (Å²) >= 11 is 0. The van der Waals surface area contributed by atoms with E-state index in [1.165, 1.54) is 21.5 Å². The molecule has 0 amide bonds. The molecule has 0 saturated heterocycles. The van der Waals surface area contributed by atoms with Gasteiger partial charge in [0.2, 0.25) is 0 Å². The number of allylic oxidation sites excluding steroid dienone is 1. The molecule has 1 heteroatoms. The molecule has 1 nitrogen and oxygen atoms in total. The van der Waals surface area contributed by atoms with Gasteiger partial charge in [-0.2, -0.15) is 0 Å². The van der Waals surface area contributed by atoms with Crippen molar-refractivity contribution in [2.75, 3.05) is 0 Å². The predicted octanol–water partition coefficient (Wildman–Crippen LogP) is 4.99. The second-order valence-electron chi connectivity index (χ2n) is 4.89. The maximum absolute atomic E-state index is 11.6. The lowest BCUT2D eigenvalue weighted by Crippen LogP contribution is -1.88. The molecular weight excluding hydrogens is 244 g/mol. The molecule has 3 aromatic rings. The van der Waals surface area contributed by atoms with E-state index in [9.17, 15) is 4.79 Å². The van der Waals surface area contributed by atoms with Gasteiger partial charge in [-0.3, -0.25) is 4.79 Å². The number of hydrogen-bond acceptors (Lipinski definition) is 1. The van der Waals surface area contributed by atoms with Crippen molar-refractivity contribution in [2.24, 2.45) is 0 Å². The summed E-state index contributed by atoms with van der Waals surface area (Å²) in [6.07, 6.45) is 4.18. The molecule has 0 aliphatic rings. The summed E-state index contributed by atoms with van der Waals surface area (Å²) in [6.45, 7) is 1.88. The Morgan fingerprint density at radius 1 is 0.950 bits per heavy atom. The van der Waals surface area contributed by atoms with E-state index in [1.54, 1.807) is 6.08 Å². The number of carbonyl (C=O) groups is 1. The zero-order valence-corrected chi connectivity index (χ0v) is 11.5. The van der Waals surface area contributed by atoms with E-state index in [-0.39, 0.29) is 5.78 Å². The molecule has 3 aromatic carbocycles. The SMILES string of the molecule is CCC(=O)C=Cc1c2ccccc2cc2ccccc12. The van der Waals surface area contributed by atoms with Crippen molar-refractivity contribution < 1.29 is 4.79 Å². The van der Waals surface area contributed by atoms with Crippen LogP contribution in [0.3, 0.4) is 0 Å². The maximum Gasteiger partial charge on any atom is 0.155 e. The minimum atomic E-state index is 0.155. The molecular formula is C19H16O. The van der Waals surface area contributed by atoms with Crippen LogP contribution in [0.5, 0.6) is 0 Å². The van der Waals surface area contributed by atoms with Crippen LogP contribution in [0.1, 0.15) is 18.9 Å². The Bertz CT molecular complexity index is 758. The van der Waals surface area contributed by atoms with E-state index in [1.807, 2.05) is 37.3 Å². The zero-order valence-electron chi connectivity index (χ0n) is 11.5. The molecule has 0 radical (unpaired) electrons. The second-order valence-corrected chi connectivity index (χ2v) is 4.89. The highest BCUT2D eigenvalue weighted by atomic mass is 16.1. The van der Waals surface area contributed by atoms with Gasteiger partial charge in [0.1, 0.15) is 0 Å². The molecule has 98 valence electrons. The van der Waals surface area contributed by atoms with Gasteiger partial charge in [-0.1, -0.05) is 61.5 Å². The van der Waals surface area contributed by atoms with Crippen LogP contribution in [-0.4, -0.2) is 5.78 Å². The first-order valence-corrected chi connectivity index (χ1v) is 6.91.